The van der Waals surface area contributed by atoms with Gasteiger partial charge in [-0.05, 0) is 110 Å². The number of aromatic nitrogens is 2. The Morgan fingerprint density at radius 1 is 0.756 bits per heavy atom. The highest BCUT2D eigenvalue weighted by Gasteiger charge is 2.28. The summed E-state index contributed by atoms with van der Waals surface area (Å²) in [5, 5.41) is 3.80. The second-order valence-corrected chi connectivity index (χ2v) is 19.9. The molecule has 4 rings (SSSR count). The standard InChI is InChI=1S/C15H18BrN3O3S2.C13H16BrN3O2S2/c1-9(20)18-10-5-6-11(14-17-8-13(16)23-14)12(7-10)24(21,22)19-15(2,3)4;1-13(2,3)17-21(18,19)10-6-8(15)4-5-9(10)12-16-7-11(14)20-12/h5-8,19H,1-4H3,(H,18,20);4-7,17H,15H2,1-3H3. The fourth-order valence-corrected chi connectivity index (χ4v) is 9.75. The highest BCUT2D eigenvalue weighted by Crippen LogP contribution is 2.36. The van der Waals surface area contributed by atoms with Gasteiger partial charge in [0.2, 0.25) is 26.0 Å². The Bertz CT molecular complexity index is 1910. The number of halogens is 2. The third-order valence-electron chi connectivity index (χ3n) is 5.18. The van der Waals surface area contributed by atoms with Gasteiger partial charge in [0.25, 0.3) is 0 Å². The lowest BCUT2D eigenvalue weighted by molar-refractivity contribution is -0.114. The van der Waals surface area contributed by atoms with Gasteiger partial charge in [0.15, 0.2) is 0 Å². The van der Waals surface area contributed by atoms with Gasteiger partial charge in [-0.1, -0.05) is 0 Å². The van der Waals surface area contributed by atoms with E-state index in [4.69, 9.17) is 5.73 Å². The summed E-state index contributed by atoms with van der Waals surface area (Å²) >= 11 is 9.37. The van der Waals surface area contributed by atoms with E-state index >= 15 is 0 Å². The number of rotatable bonds is 7. The van der Waals surface area contributed by atoms with Gasteiger partial charge in [-0.2, -0.15) is 0 Å². The van der Waals surface area contributed by atoms with Gasteiger partial charge in [-0.25, -0.2) is 36.2 Å². The van der Waals surface area contributed by atoms with Crippen molar-refractivity contribution in [2.45, 2.75) is 69.3 Å². The molecule has 0 aliphatic carbocycles. The topological polar surface area (TPSA) is 173 Å². The second kappa shape index (κ2) is 14.3. The van der Waals surface area contributed by atoms with Gasteiger partial charge in [-0.3, -0.25) is 4.79 Å². The molecule has 0 aliphatic heterocycles. The van der Waals surface area contributed by atoms with E-state index in [1.165, 1.54) is 41.7 Å². The summed E-state index contributed by atoms with van der Waals surface area (Å²) in [4.78, 5) is 19.9. The molecular weight excluding hydrogens is 788 g/mol. The molecule has 17 heteroatoms. The van der Waals surface area contributed by atoms with E-state index in [-0.39, 0.29) is 15.7 Å². The number of hydrogen-bond acceptors (Lipinski definition) is 10. The van der Waals surface area contributed by atoms with Crippen molar-refractivity contribution >= 4 is 91.9 Å². The van der Waals surface area contributed by atoms with Gasteiger partial charge in [0.1, 0.15) is 10.0 Å². The van der Waals surface area contributed by atoms with E-state index in [9.17, 15) is 21.6 Å². The van der Waals surface area contributed by atoms with Crippen LogP contribution < -0.4 is 20.5 Å². The number of anilines is 2. The Kier molecular flexibility index (Phi) is 11.8. The summed E-state index contributed by atoms with van der Waals surface area (Å²) < 4.78 is 57.8. The first-order chi connectivity index (χ1) is 20.6. The normalized spacial score (nSPS) is 12.4. The number of nitrogen functional groups attached to an aromatic ring is 1. The Balaban J connectivity index is 0.000000248. The molecule has 1 amide bonds. The molecule has 0 radical (unpaired) electrons. The summed E-state index contributed by atoms with van der Waals surface area (Å²) in [5.41, 5.74) is 6.37. The Hall–Kier alpha value is -2.25. The number of nitrogens with two attached hydrogens (primary N) is 1. The second-order valence-electron chi connectivity index (χ2n) is 11.8. The maximum atomic E-state index is 12.8. The largest absolute Gasteiger partial charge is 0.399 e. The zero-order valence-corrected chi connectivity index (χ0v) is 32.0. The highest BCUT2D eigenvalue weighted by atomic mass is 79.9. The fraction of sp³-hybridized carbons (Fsp3) is 0.321. The number of carbonyl (C=O) groups is 1. The van der Waals surface area contributed by atoms with E-state index in [0.717, 1.165) is 7.57 Å². The van der Waals surface area contributed by atoms with Crippen LogP contribution in [0.5, 0.6) is 0 Å². The van der Waals surface area contributed by atoms with Crippen LogP contribution in [0.1, 0.15) is 48.5 Å². The predicted molar refractivity (Wildman–Crippen MR) is 189 cm³/mol. The van der Waals surface area contributed by atoms with Crippen LogP contribution in [0.25, 0.3) is 21.1 Å². The Morgan fingerprint density at radius 3 is 1.56 bits per heavy atom. The maximum absolute atomic E-state index is 12.8. The molecule has 0 saturated carbocycles. The van der Waals surface area contributed by atoms with Crippen LogP contribution in [0.15, 0.2) is 66.2 Å². The van der Waals surface area contributed by atoms with E-state index in [1.807, 2.05) is 0 Å². The molecule has 0 bridgehead atoms. The van der Waals surface area contributed by atoms with Crippen molar-refractivity contribution in [2.75, 3.05) is 11.1 Å². The minimum Gasteiger partial charge on any atom is -0.399 e. The summed E-state index contributed by atoms with van der Waals surface area (Å²) in [6.07, 6.45) is 3.26. The van der Waals surface area contributed by atoms with Crippen molar-refractivity contribution < 1.29 is 21.6 Å². The highest BCUT2D eigenvalue weighted by molar-refractivity contribution is 9.11. The zero-order valence-electron chi connectivity index (χ0n) is 25.5. The van der Waals surface area contributed by atoms with Gasteiger partial charge in [0.05, 0.1) is 29.8 Å². The van der Waals surface area contributed by atoms with E-state index in [0.29, 0.717) is 32.5 Å². The van der Waals surface area contributed by atoms with Crippen LogP contribution in [0.3, 0.4) is 0 Å². The summed E-state index contributed by atoms with van der Waals surface area (Å²) in [7, 11) is -7.48. The third-order valence-corrected chi connectivity index (χ3v) is 11.8. The molecule has 2 aromatic carbocycles. The summed E-state index contributed by atoms with van der Waals surface area (Å²) in [6.45, 7) is 12.0. The molecule has 0 unspecified atom stereocenters. The van der Waals surface area contributed by atoms with Gasteiger partial charge < -0.3 is 11.1 Å². The SMILES string of the molecule is CC(=O)Nc1ccc(-c2ncc(Br)s2)c(S(=O)(=O)NC(C)(C)C)c1.CC(C)(C)NS(=O)(=O)c1cc(N)ccc1-c1ncc(Br)s1. The minimum atomic E-state index is -3.80. The van der Waals surface area contributed by atoms with Gasteiger partial charge in [0, 0.05) is 40.5 Å². The lowest BCUT2D eigenvalue weighted by atomic mass is 10.1. The van der Waals surface area contributed by atoms with E-state index in [1.54, 1.807) is 78.2 Å². The molecular formula is C28H34Br2N6O5S4. The number of carbonyl (C=O) groups excluding carboxylic acids is 1. The van der Waals surface area contributed by atoms with Crippen molar-refractivity contribution in [3.8, 4) is 21.1 Å². The first-order valence-electron chi connectivity index (χ1n) is 13.2. The molecule has 244 valence electrons. The molecule has 0 fully saturated rings. The smallest absolute Gasteiger partial charge is 0.241 e. The molecule has 0 aliphatic rings. The first-order valence-corrected chi connectivity index (χ1v) is 19.4. The molecule has 45 heavy (non-hydrogen) atoms. The quantitative estimate of drug-likeness (QED) is 0.147. The summed E-state index contributed by atoms with van der Waals surface area (Å²) in [5.74, 6) is -0.271. The number of amides is 1. The van der Waals surface area contributed by atoms with Crippen molar-refractivity contribution in [2.24, 2.45) is 0 Å². The number of nitrogens with zero attached hydrogens (tertiary/aromatic N) is 2. The third kappa shape index (κ3) is 10.9. The first kappa shape index (κ1) is 37.2. The molecule has 2 heterocycles. The molecule has 0 spiro atoms. The van der Waals surface area contributed by atoms with Crippen molar-refractivity contribution in [3.63, 3.8) is 0 Å². The van der Waals surface area contributed by atoms with Crippen LogP contribution in [0, 0.1) is 0 Å². The minimum absolute atomic E-state index is 0.0746. The molecule has 4 aromatic rings. The van der Waals surface area contributed by atoms with Crippen molar-refractivity contribution in [1.29, 1.82) is 0 Å². The predicted octanol–water partition coefficient (Wildman–Crippen LogP) is 6.84. The van der Waals surface area contributed by atoms with Gasteiger partial charge >= 0.3 is 0 Å². The maximum Gasteiger partial charge on any atom is 0.241 e. The molecule has 0 saturated heterocycles. The van der Waals surface area contributed by atoms with E-state index in [2.05, 4.69) is 56.6 Å². The van der Waals surface area contributed by atoms with E-state index < -0.39 is 31.1 Å². The molecule has 2 aromatic heterocycles. The van der Waals surface area contributed by atoms with Crippen molar-refractivity contribution in [1.82, 2.24) is 19.4 Å². The monoisotopic (exact) mass is 820 g/mol. The Morgan fingerprint density at radius 2 is 1.18 bits per heavy atom. The lowest BCUT2D eigenvalue weighted by Gasteiger charge is -2.21. The van der Waals surface area contributed by atoms with Crippen molar-refractivity contribution in [3.05, 3.63) is 56.4 Å². The molecule has 11 nitrogen and oxygen atoms in total. The number of thiazole rings is 2. The van der Waals surface area contributed by atoms with Crippen LogP contribution in [0.4, 0.5) is 11.4 Å². The fourth-order valence-electron chi connectivity index (χ4n) is 3.81. The zero-order chi connectivity index (χ0) is 34.0. The molecule has 0 atom stereocenters. The van der Waals surface area contributed by atoms with Crippen LogP contribution in [-0.2, 0) is 24.8 Å². The van der Waals surface area contributed by atoms with Crippen LogP contribution >= 0.6 is 54.5 Å². The lowest BCUT2D eigenvalue weighted by Crippen LogP contribution is -2.40. The number of benzene rings is 2. The van der Waals surface area contributed by atoms with Crippen LogP contribution in [-0.4, -0.2) is 43.8 Å². The summed E-state index contributed by atoms with van der Waals surface area (Å²) in [6, 6.07) is 9.55. The average molecular weight is 823 g/mol. The number of hydrogen-bond donors (Lipinski definition) is 4. The average Bonchev–Trinajstić information content (AvgIpc) is 3.49. The Labute approximate surface area is 288 Å². The molecule has 5 N–H and O–H groups in total. The number of nitrogens with one attached hydrogen (secondary N) is 3. The van der Waals surface area contributed by atoms with Crippen LogP contribution in [0.2, 0.25) is 0 Å². The van der Waals surface area contributed by atoms with Gasteiger partial charge in [-0.15, -0.1) is 22.7 Å². The number of sulfonamides is 2.